The van der Waals surface area contributed by atoms with Gasteiger partial charge in [0.15, 0.2) is 0 Å². The third-order valence-electron chi connectivity index (χ3n) is 4.08. The Bertz CT molecular complexity index is 490. The molecule has 1 amide bonds. The molecule has 4 N–H and O–H groups in total. The van der Waals surface area contributed by atoms with Crippen LogP contribution >= 0.6 is 0 Å². The van der Waals surface area contributed by atoms with E-state index in [0.29, 0.717) is 19.3 Å². The summed E-state index contributed by atoms with van der Waals surface area (Å²) in [6, 6.07) is 8.98. The van der Waals surface area contributed by atoms with E-state index in [2.05, 4.69) is 5.32 Å². The fraction of sp³-hybridized carbons (Fsp3) is 0.500. The van der Waals surface area contributed by atoms with Crippen molar-refractivity contribution in [3.05, 3.63) is 35.9 Å². The molecule has 0 radical (unpaired) electrons. The van der Waals surface area contributed by atoms with Crippen molar-refractivity contribution in [2.45, 2.75) is 44.2 Å². The van der Waals surface area contributed by atoms with Crippen LogP contribution in [0.3, 0.4) is 0 Å². The molecule has 1 aliphatic carbocycles. The molecular formula is C16H22N2O3. The van der Waals surface area contributed by atoms with Gasteiger partial charge < -0.3 is 16.2 Å². The molecule has 5 nitrogen and oxygen atoms in total. The van der Waals surface area contributed by atoms with E-state index >= 15 is 0 Å². The Morgan fingerprint density at radius 2 is 2.00 bits per heavy atom. The van der Waals surface area contributed by atoms with Gasteiger partial charge in [0.2, 0.25) is 5.91 Å². The lowest BCUT2D eigenvalue weighted by Crippen LogP contribution is -2.48. The van der Waals surface area contributed by atoms with Crippen LogP contribution in [-0.2, 0) is 16.0 Å². The zero-order valence-corrected chi connectivity index (χ0v) is 12.0. The first kappa shape index (κ1) is 15.5. The van der Waals surface area contributed by atoms with E-state index in [9.17, 15) is 9.59 Å². The van der Waals surface area contributed by atoms with Gasteiger partial charge in [-0.25, -0.2) is 0 Å². The van der Waals surface area contributed by atoms with Crippen molar-refractivity contribution < 1.29 is 14.7 Å². The summed E-state index contributed by atoms with van der Waals surface area (Å²) in [6.07, 6.45) is 3.47. The van der Waals surface area contributed by atoms with Crippen LogP contribution in [0.2, 0.25) is 0 Å². The number of aryl methyl sites for hydroxylation is 1. The molecule has 0 saturated heterocycles. The van der Waals surface area contributed by atoms with Gasteiger partial charge in [-0.1, -0.05) is 36.8 Å². The zero-order valence-electron chi connectivity index (χ0n) is 12.0. The van der Waals surface area contributed by atoms with Crippen LogP contribution in [0.4, 0.5) is 0 Å². The average molecular weight is 290 g/mol. The number of rotatable bonds is 6. The van der Waals surface area contributed by atoms with E-state index < -0.39 is 17.9 Å². The topological polar surface area (TPSA) is 92.4 Å². The first-order valence-electron chi connectivity index (χ1n) is 7.40. The maximum absolute atomic E-state index is 12.1. The van der Waals surface area contributed by atoms with Gasteiger partial charge in [-0.3, -0.25) is 9.59 Å². The highest BCUT2D eigenvalue weighted by Gasteiger charge is 2.34. The van der Waals surface area contributed by atoms with Crippen molar-refractivity contribution in [1.29, 1.82) is 0 Å². The van der Waals surface area contributed by atoms with Crippen molar-refractivity contribution in [2.75, 3.05) is 0 Å². The summed E-state index contributed by atoms with van der Waals surface area (Å²) >= 11 is 0. The highest BCUT2D eigenvalue weighted by Crippen LogP contribution is 2.25. The fourth-order valence-corrected chi connectivity index (χ4v) is 2.82. The standard InChI is InChI=1S/C16H22N2O3/c17-13(10-9-11-5-2-1-3-6-11)15(19)18-14-8-4-7-12(14)16(20)21/h1-3,5-6,12-14H,4,7-10,17H2,(H,18,19)(H,20,21)/t12?,13-,14?/m0/s1. The van der Waals surface area contributed by atoms with Gasteiger partial charge in [0.05, 0.1) is 12.0 Å². The SMILES string of the molecule is N[C@@H](CCc1ccccc1)C(=O)NC1CCCC1C(=O)O. The molecular weight excluding hydrogens is 268 g/mol. The van der Waals surface area contributed by atoms with Crippen LogP contribution in [-0.4, -0.2) is 29.1 Å². The molecule has 1 aromatic carbocycles. The number of carbonyl (C=O) groups is 2. The number of nitrogens with one attached hydrogen (secondary N) is 1. The first-order valence-corrected chi connectivity index (χ1v) is 7.40. The Kier molecular flexibility index (Phi) is 5.33. The molecule has 0 bridgehead atoms. The minimum atomic E-state index is -0.837. The molecule has 5 heteroatoms. The summed E-state index contributed by atoms with van der Waals surface area (Å²) in [7, 11) is 0. The molecule has 1 aliphatic rings. The predicted octanol–water partition coefficient (Wildman–Crippen LogP) is 1.32. The maximum atomic E-state index is 12.1. The van der Waals surface area contributed by atoms with Crippen LogP contribution in [0.5, 0.6) is 0 Å². The summed E-state index contributed by atoms with van der Waals surface area (Å²) in [5.74, 6) is -1.56. The van der Waals surface area contributed by atoms with Crippen molar-refractivity contribution >= 4 is 11.9 Å². The van der Waals surface area contributed by atoms with Crippen molar-refractivity contribution in [1.82, 2.24) is 5.32 Å². The number of hydrogen-bond donors (Lipinski definition) is 3. The smallest absolute Gasteiger partial charge is 0.308 e. The predicted molar refractivity (Wildman–Crippen MR) is 79.6 cm³/mol. The lowest BCUT2D eigenvalue weighted by molar-refractivity contribution is -0.142. The average Bonchev–Trinajstić information content (AvgIpc) is 2.94. The molecule has 0 spiro atoms. The van der Waals surface area contributed by atoms with Gasteiger partial charge in [-0.05, 0) is 31.2 Å². The normalized spacial score (nSPS) is 22.7. The summed E-state index contributed by atoms with van der Waals surface area (Å²) < 4.78 is 0. The van der Waals surface area contributed by atoms with Crippen LogP contribution in [0.25, 0.3) is 0 Å². The van der Waals surface area contributed by atoms with E-state index in [1.54, 1.807) is 0 Å². The largest absolute Gasteiger partial charge is 0.481 e. The Balaban J connectivity index is 1.81. The van der Waals surface area contributed by atoms with E-state index in [1.165, 1.54) is 0 Å². The highest BCUT2D eigenvalue weighted by molar-refractivity contribution is 5.82. The van der Waals surface area contributed by atoms with Crippen LogP contribution < -0.4 is 11.1 Å². The molecule has 2 rings (SSSR count). The molecule has 0 aliphatic heterocycles. The van der Waals surface area contributed by atoms with E-state index in [0.717, 1.165) is 18.4 Å². The molecule has 3 atom stereocenters. The highest BCUT2D eigenvalue weighted by atomic mass is 16.4. The van der Waals surface area contributed by atoms with Gasteiger partial charge in [0.25, 0.3) is 0 Å². The molecule has 2 unspecified atom stereocenters. The number of benzene rings is 1. The third-order valence-corrected chi connectivity index (χ3v) is 4.08. The molecule has 1 aromatic rings. The van der Waals surface area contributed by atoms with Crippen LogP contribution in [0.15, 0.2) is 30.3 Å². The van der Waals surface area contributed by atoms with Crippen molar-refractivity contribution in [2.24, 2.45) is 11.7 Å². The minimum Gasteiger partial charge on any atom is -0.481 e. The van der Waals surface area contributed by atoms with E-state index in [1.807, 2.05) is 30.3 Å². The molecule has 1 saturated carbocycles. The lowest BCUT2D eigenvalue weighted by atomic mass is 10.0. The summed E-state index contributed by atoms with van der Waals surface area (Å²) in [6.45, 7) is 0. The summed E-state index contributed by atoms with van der Waals surface area (Å²) in [4.78, 5) is 23.2. The number of carbonyl (C=O) groups excluding carboxylic acids is 1. The Morgan fingerprint density at radius 3 is 2.67 bits per heavy atom. The van der Waals surface area contributed by atoms with Crippen LogP contribution in [0.1, 0.15) is 31.2 Å². The zero-order chi connectivity index (χ0) is 15.2. The van der Waals surface area contributed by atoms with Crippen molar-refractivity contribution in [3.63, 3.8) is 0 Å². The number of carboxylic acid groups (broad SMARTS) is 1. The molecule has 114 valence electrons. The van der Waals surface area contributed by atoms with Crippen molar-refractivity contribution in [3.8, 4) is 0 Å². The maximum Gasteiger partial charge on any atom is 0.308 e. The lowest BCUT2D eigenvalue weighted by Gasteiger charge is -2.20. The van der Waals surface area contributed by atoms with E-state index in [-0.39, 0.29) is 11.9 Å². The second-order valence-electron chi connectivity index (χ2n) is 5.62. The van der Waals surface area contributed by atoms with E-state index in [4.69, 9.17) is 10.8 Å². The number of hydrogen-bond acceptors (Lipinski definition) is 3. The molecule has 1 fully saturated rings. The molecule has 0 heterocycles. The minimum absolute atomic E-state index is 0.246. The Labute approximate surface area is 124 Å². The van der Waals surface area contributed by atoms with Gasteiger partial charge in [-0.15, -0.1) is 0 Å². The van der Waals surface area contributed by atoms with Gasteiger partial charge in [0, 0.05) is 6.04 Å². The number of amides is 1. The number of carboxylic acids is 1. The Hall–Kier alpha value is -1.88. The Morgan fingerprint density at radius 1 is 1.29 bits per heavy atom. The fourth-order valence-electron chi connectivity index (χ4n) is 2.82. The molecule has 21 heavy (non-hydrogen) atoms. The summed E-state index contributed by atoms with van der Waals surface area (Å²) in [5.41, 5.74) is 7.05. The van der Waals surface area contributed by atoms with Gasteiger partial charge >= 0.3 is 5.97 Å². The first-order chi connectivity index (χ1) is 10.1. The van der Waals surface area contributed by atoms with Gasteiger partial charge in [0.1, 0.15) is 0 Å². The monoisotopic (exact) mass is 290 g/mol. The second kappa shape index (κ2) is 7.22. The van der Waals surface area contributed by atoms with Crippen LogP contribution in [0, 0.1) is 5.92 Å². The van der Waals surface area contributed by atoms with Gasteiger partial charge in [-0.2, -0.15) is 0 Å². The molecule has 0 aromatic heterocycles. The number of aliphatic carboxylic acids is 1. The number of nitrogens with two attached hydrogens (primary N) is 1. The quantitative estimate of drug-likeness (QED) is 0.736. The second-order valence-corrected chi connectivity index (χ2v) is 5.62. The third kappa shape index (κ3) is 4.29. The summed E-state index contributed by atoms with van der Waals surface area (Å²) in [5, 5.41) is 11.9.